The lowest BCUT2D eigenvalue weighted by Crippen LogP contribution is -2.72. The van der Waals surface area contributed by atoms with Gasteiger partial charge in [-0.25, -0.2) is 9.07 Å². The van der Waals surface area contributed by atoms with Crippen molar-refractivity contribution in [2.24, 2.45) is 28.6 Å². The third kappa shape index (κ3) is 3.01. The quantitative estimate of drug-likeness (QED) is 0.615. The fraction of sp³-hybridized carbons (Fsp3) is 0.677. The van der Waals surface area contributed by atoms with E-state index in [1.54, 1.807) is 13.8 Å². The number of aliphatic hydroxyl groups excluding tert-OH is 2. The number of fused-ring (bicyclic) bond motifs is 8. The molecule has 1 aromatic heterocycles. The van der Waals surface area contributed by atoms with Crippen LogP contribution in [0.25, 0.3) is 5.69 Å². The lowest BCUT2D eigenvalue weighted by Gasteiger charge is -2.65. The molecular formula is C31H39FN2O5. The standard InChI is InChI=1S/C31H39FN2O5/c1-27(2)38-26-13-22-21-11-10-19-12-23-18(16-33-34(23)20-8-6-5-7-9-20)14-28(19,3)30(21,32)24(36)15-29(22,4)31(26,39-27)25(37)17-35/h5-9,16,19,21-22,24,26,35-36H,10-15,17H2,1-4H3/t19-,21?,22?,24?,26-,28?,29?,30+,31-/m1/s1. The fourth-order valence-electron chi connectivity index (χ4n) is 10.1. The zero-order valence-electron chi connectivity index (χ0n) is 23.2. The Morgan fingerprint density at radius 3 is 2.59 bits per heavy atom. The topological polar surface area (TPSA) is 93.8 Å². The number of aromatic nitrogens is 2. The smallest absolute Gasteiger partial charge is 0.193 e. The zero-order valence-corrected chi connectivity index (χ0v) is 23.2. The Hall–Kier alpha value is -2.13. The number of nitrogens with zero attached hydrogens (tertiary/aromatic N) is 2. The van der Waals surface area contributed by atoms with E-state index in [1.807, 2.05) is 55.1 Å². The Bertz CT molecular complexity index is 1330. The van der Waals surface area contributed by atoms with Gasteiger partial charge in [-0.05, 0) is 87.8 Å². The van der Waals surface area contributed by atoms with Crippen LogP contribution in [-0.4, -0.2) is 61.6 Å². The molecule has 8 heteroatoms. The molecule has 0 spiro atoms. The van der Waals surface area contributed by atoms with Crippen LogP contribution in [0.5, 0.6) is 0 Å². The first kappa shape index (κ1) is 25.8. The summed E-state index contributed by atoms with van der Waals surface area (Å²) in [4.78, 5) is 13.4. The number of aliphatic hydroxyl groups is 2. The first-order valence-electron chi connectivity index (χ1n) is 14.4. The first-order valence-corrected chi connectivity index (χ1v) is 14.4. The molecule has 2 N–H and O–H groups in total. The number of ketones is 1. The zero-order chi connectivity index (χ0) is 27.6. The summed E-state index contributed by atoms with van der Waals surface area (Å²) in [5, 5.41) is 26.6. The summed E-state index contributed by atoms with van der Waals surface area (Å²) in [5.41, 5.74) is -1.68. The maximum absolute atomic E-state index is 18.0. The van der Waals surface area contributed by atoms with Crippen LogP contribution < -0.4 is 0 Å². The summed E-state index contributed by atoms with van der Waals surface area (Å²) in [5.74, 6) is -2.03. The Kier molecular flexibility index (Phi) is 5.29. The highest BCUT2D eigenvalue weighted by atomic mass is 19.1. The van der Waals surface area contributed by atoms with Crippen molar-refractivity contribution in [2.45, 2.75) is 95.5 Å². The van der Waals surface area contributed by atoms with E-state index in [9.17, 15) is 15.0 Å². The number of carbonyl (C=O) groups is 1. The van der Waals surface area contributed by atoms with E-state index in [4.69, 9.17) is 14.6 Å². The summed E-state index contributed by atoms with van der Waals surface area (Å²) >= 11 is 0. The first-order chi connectivity index (χ1) is 18.4. The third-order valence-electron chi connectivity index (χ3n) is 11.7. The van der Waals surface area contributed by atoms with E-state index >= 15 is 4.39 Å². The van der Waals surface area contributed by atoms with E-state index in [0.717, 1.165) is 23.4 Å². The Balaban J connectivity index is 1.29. The van der Waals surface area contributed by atoms with Crippen molar-refractivity contribution in [3.05, 3.63) is 47.8 Å². The second-order valence-corrected chi connectivity index (χ2v) is 13.7. The SMILES string of the molecule is CC1(C)O[C@@H]2CC3C4CC[C@@H]5Cc6c(cnn6-c6ccccc6)CC5(C)[C@@]4(F)C(O)CC3(C)[C@]2(C(=O)CO)O1. The molecule has 1 saturated heterocycles. The molecule has 0 radical (unpaired) electrons. The molecule has 2 heterocycles. The highest BCUT2D eigenvalue weighted by Crippen LogP contribution is 2.73. The van der Waals surface area contributed by atoms with Crippen LogP contribution in [0.1, 0.15) is 64.6 Å². The van der Waals surface area contributed by atoms with Gasteiger partial charge in [0.05, 0.1) is 24.1 Å². The van der Waals surface area contributed by atoms with Gasteiger partial charge in [-0.15, -0.1) is 0 Å². The lowest BCUT2D eigenvalue weighted by molar-refractivity contribution is -0.267. The minimum Gasteiger partial charge on any atom is -0.390 e. The van der Waals surface area contributed by atoms with Crippen molar-refractivity contribution in [3.63, 3.8) is 0 Å². The molecule has 0 amide bonds. The maximum atomic E-state index is 18.0. The average Bonchev–Trinajstić information content (AvgIpc) is 3.50. The van der Waals surface area contributed by atoms with Gasteiger partial charge in [0.25, 0.3) is 0 Å². The van der Waals surface area contributed by atoms with Crippen molar-refractivity contribution in [1.29, 1.82) is 0 Å². The van der Waals surface area contributed by atoms with Crippen molar-refractivity contribution < 1.29 is 28.9 Å². The lowest BCUT2D eigenvalue weighted by atomic mass is 9.42. The van der Waals surface area contributed by atoms with Crippen molar-refractivity contribution in [1.82, 2.24) is 9.78 Å². The van der Waals surface area contributed by atoms with E-state index in [2.05, 4.69) is 0 Å². The summed E-state index contributed by atoms with van der Waals surface area (Å²) < 4.78 is 32.6. The van der Waals surface area contributed by atoms with Crippen molar-refractivity contribution in [2.75, 3.05) is 6.61 Å². The minimum absolute atomic E-state index is 0.0600. The highest BCUT2D eigenvalue weighted by molar-refractivity contribution is 5.91. The molecule has 7 nitrogen and oxygen atoms in total. The number of ether oxygens (including phenoxy) is 2. The van der Waals surface area contributed by atoms with Crippen LogP contribution in [0.3, 0.4) is 0 Å². The van der Waals surface area contributed by atoms with E-state index in [1.165, 1.54) is 0 Å². The molecule has 3 saturated carbocycles. The van der Waals surface area contributed by atoms with Crippen LogP contribution in [0.2, 0.25) is 0 Å². The van der Waals surface area contributed by atoms with Gasteiger partial charge in [-0.3, -0.25) is 4.79 Å². The van der Waals surface area contributed by atoms with Gasteiger partial charge >= 0.3 is 0 Å². The molecule has 5 aliphatic rings. The third-order valence-corrected chi connectivity index (χ3v) is 11.7. The maximum Gasteiger partial charge on any atom is 0.193 e. The number of Topliss-reactive ketones (excluding diaryl/α,β-unsaturated/α-hetero) is 1. The number of halogens is 1. The molecular weight excluding hydrogens is 499 g/mol. The predicted octanol–water partition coefficient (Wildman–Crippen LogP) is 3.95. The van der Waals surface area contributed by atoms with Gasteiger partial charge in [0.15, 0.2) is 17.2 Å². The molecule has 0 bridgehead atoms. The van der Waals surface area contributed by atoms with Crippen LogP contribution in [-0.2, 0) is 27.1 Å². The largest absolute Gasteiger partial charge is 0.390 e. The number of hydrogen-bond acceptors (Lipinski definition) is 6. The van der Waals surface area contributed by atoms with E-state index in [-0.39, 0.29) is 18.3 Å². The van der Waals surface area contributed by atoms with Gasteiger partial charge in [0, 0.05) is 16.5 Å². The van der Waals surface area contributed by atoms with Crippen LogP contribution in [0, 0.1) is 28.6 Å². The second kappa shape index (κ2) is 7.99. The number of alkyl halides is 1. The summed E-state index contributed by atoms with van der Waals surface area (Å²) in [7, 11) is 0. The molecule has 1 aliphatic heterocycles. The molecule has 5 unspecified atom stereocenters. The molecule has 4 fully saturated rings. The molecule has 39 heavy (non-hydrogen) atoms. The number of rotatable bonds is 3. The minimum atomic E-state index is -1.83. The van der Waals surface area contributed by atoms with Crippen molar-refractivity contribution in [3.8, 4) is 5.69 Å². The highest BCUT2D eigenvalue weighted by Gasteiger charge is 2.80. The van der Waals surface area contributed by atoms with Gasteiger partial charge in [0.1, 0.15) is 12.3 Å². The average molecular weight is 539 g/mol. The van der Waals surface area contributed by atoms with E-state index < -0.39 is 58.4 Å². The Morgan fingerprint density at radius 2 is 1.87 bits per heavy atom. The number of hydrogen-bond donors (Lipinski definition) is 2. The summed E-state index contributed by atoms with van der Waals surface area (Å²) in [6.07, 6.45) is 3.28. The number of carbonyl (C=O) groups excluding carboxylic acids is 1. The van der Waals surface area contributed by atoms with Gasteiger partial charge in [-0.2, -0.15) is 5.10 Å². The molecule has 7 rings (SSSR count). The monoisotopic (exact) mass is 538 g/mol. The van der Waals surface area contributed by atoms with Crippen LogP contribution in [0.4, 0.5) is 4.39 Å². The molecule has 2 aromatic rings. The van der Waals surface area contributed by atoms with Gasteiger partial charge in [-0.1, -0.05) is 32.0 Å². The second-order valence-electron chi connectivity index (χ2n) is 13.7. The van der Waals surface area contributed by atoms with Gasteiger partial charge < -0.3 is 19.7 Å². The Labute approximate surface area is 228 Å². The van der Waals surface area contributed by atoms with Gasteiger partial charge in [0.2, 0.25) is 0 Å². The number of benzene rings is 1. The molecule has 9 atom stereocenters. The number of para-hydroxylation sites is 1. The summed E-state index contributed by atoms with van der Waals surface area (Å²) in [6, 6.07) is 10.0. The molecule has 1 aromatic carbocycles. The molecule has 210 valence electrons. The molecule has 4 aliphatic carbocycles. The van der Waals surface area contributed by atoms with Crippen LogP contribution in [0.15, 0.2) is 36.5 Å². The summed E-state index contributed by atoms with van der Waals surface area (Å²) in [6.45, 7) is 6.86. The fourth-order valence-corrected chi connectivity index (χ4v) is 10.1. The van der Waals surface area contributed by atoms with Crippen LogP contribution >= 0.6 is 0 Å². The predicted molar refractivity (Wildman–Crippen MR) is 141 cm³/mol. The van der Waals surface area contributed by atoms with E-state index in [0.29, 0.717) is 25.7 Å². The Morgan fingerprint density at radius 1 is 1.13 bits per heavy atom. The normalized spacial score (nSPS) is 45.6. The van der Waals surface area contributed by atoms with Crippen molar-refractivity contribution >= 4 is 5.78 Å².